The van der Waals surface area contributed by atoms with Crippen molar-refractivity contribution in [3.8, 4) is 5.75 Å². The predicted octanol–water partition coefficient (Wildman–Crippen LogP) is -0.486. The van der Waals surface area contributed by atoms with E-state index in [2.05, 4.69) is 10.6 Å². The third-order valence-corrected chi connectivity index (χ3v) is 2.66. The Bertz CT molecular complexity index is 431. The molecule has 1 aromatic carbocycles. The summed E-state index contributed by atoms with van der Waals surface area (Å²) in [6, 6.07) is 5.85. The molecule has 0 saturated heterocycles. The van der Waals surface area contributed by atoms with Crippen LogP contribution in [0.4, 0.5) is 0 Å². The van der Waals surface area contributed by atoms with Gasteiger partial charge >= 0.3 is 0 Å². The molecule has 1 atom stereocenters. The van der Waals surface area contributed by atoms with Crippen LogP contribution in [0.2, 0.25) is 0 Å². The zero-order valence-corrected chi connectivity index (χ0v) is 10.8. The fourth-order valence-corrected chi connectivity index (χ4v) is 1.53. The molecule has 6 heteroatoms. The Hall–Kier alpha value is -2.08. The van der Waals surface area contributed by atoms with Gasteiger partial charge < -0.3 is 21.5 Å². The molecule has 2 amide bonds. The van der Waals surface area contributed by atoms with Crippen LogP contribution in [-0.2, 0) is 16.0 Å². The monoisotopic (exact) mass is 265 g/mol. The van der Waals surface area contributed by atoms with E-state index < -0.39 is 6.04 Å². The Kier molecular flexibility index (Phi) is 5.81. The van der Waals surface area contributed by atoms with Crippen molar-refractivity contribution in [1.82, 2.24) is 10.6 Å². The van der Waals surface area contributed by atoms with Crippen LogP contribution in [0.5, 0.6) is 5.75 Å². The van der Waals surface area contributed by atoms with E-state index in [1.807, 2.05) is 0 Å². The Morgan fingerprint density at radius 1 is 1.32 bits per heavy atom. The molecule has 0 heterocycles. The van der Waals surface area contributed by atoms with E-state index in [4.69, 9.17) is 10.8 Å². The Morgan fingerprint density at radius 3 is 2.53 bits per heavy atom. The first-order valence-corrected chi connectivity index (χ1v) is 6.04. The molecule has 0 aliphatic heterocycles. The van der Waals surface area contributed by atoms with E-state index in [-0.39, 0.29) is 30.5 Å². The molecule has 19 heavy (non-hydrogen) atoms. The highest BCUT2D eigenvalue weighted by atomic mass is 16.3. The van der Waals surface area contributed by atoms with Crippen molar-refractivity contribution >= 4 is 11.8 Å². The van der Waals surface area contributed by atoms with Gasteiger partial charge in [0.05, 0.1) is 6.04 Å². The number of nitrogens with two attached hydrogens (primary N) is 1. The normalized spacial score (nSPS) is 11.7. The summed E-state index contributed by atoms with van der Waals surface area (Å²) in [6.45, 7) is 0.266. The highest BCUT2D eigenvalue weighted by Gasteiger charge is 2.13. The first-order chi connectivity index (χ1) is 9.02. The van der Waals surface area contributed by atoms with E-state index in [1.165, 1.54) is 0 Å². The van der Waals surface area contributed by atoms with Crippen molar-refractivity contribution in [3.05, 3.63) is 29.8 Å². The molecule has 0 aliphatic carbocycles. The molecular formula is C13H19N3O3. The quantitative estimate of drug-likeness (QED) is 0.557. The van der Waals surface area contributed by atoms with Crippen molar-refractivity contribution in [2.75, 3.05) is 13.6 Å². The van der Waals surface area contributed by atoms with Crippen LogP contribution in [0.15, 0.2) is 24.3 Å². The molecule has 0 aromatic heterocycles. The van der Waals surface area contributed by atoms with Crippen molar-refractivity contribution in [2.24, 2.45) is 5.73 Å². The van der Waals surface area contributed by atoms with Crippen LogP contribution in [-0.4, -0.2) is 36.6 Å². The zero-order chi connectivity index (χ0) is 14.3. The maximum absolute atomic E-state index is 11.7. The molecule has 104 valence electrons. The minimum Gasteiger partial charge on any atom is -0.508 e. The summed E-state index contributed by atoms with van der Waals surface area (Å²) in [6.07, 6.45) is 0.611. The van der Waals surface area contributed by atoms with Crippen molar-refractivity contribution < 1.29 is 14.7 Å². The maximum atomic E-state index is 11.7. The third-order valence-electron chi connectivity index (χ3n) is 2.66. The fraction of sp³-hybridized carbons (Fsp3) is 0.385. The minimum absolute atomic E-state index is 0.132. The van der Waals surface area contributed by atoms with Gasteiger partial charge in [0.15, 0.2) is 0 Å². The summed E-state index contributed by atoms with van der Waals surface area (Å²) in [7, 11) is 1.54. The van der Waals surface area contributed by atoms with E-state index in [0.717, 1.165) is 5.56 Å². The number of carbonyl (C=O) groups excluding carboxylic acids is 2. The lowest BCUT2D eigenvalue weighted by Crippen LogP contribution is -2.43. The lowest BCUT2D eigenvalue weighted by Gasteiger charge is -2.12. The third kappa shape index (κ3) is 5.39. The Balaban J connectivity index is 2.36. The molecule has 0 spiro atoms. The Labute approximate surface area is 112 Å². The average Bonchev–Trinajstić information content (AvgIpc) is 2.40. The van der Waals surface area contributed by atoms with Crippen molar-refractivity contribution in [2.45, 2.75) is 18.9 Å². The van der Waals surface area contributed by atoms with Gasteiger partial charge in [-0.3, -0.25) is 9.59 Å². The number of hydrogen-bond donors (Lipinski definition) is 4. The number of amides is 2. The van der Waals surface area contributed by atoms with Gasteiger partial charge in [0.2, 0.25) is 11.8 Å². The van der Waals surface area contributed by atoms with Gasteiger partial charge in [-0.05, 0) is 24.1 Å². The molecule has 0 bridgehead atoms. The highest BCUT2D eigenvalue weighted by molar-refractivity contribution is 5.82. The molecule has 0 unspecified atom stereocenters. The van der Waals surface area contributed by atoms with Crippen LogP contribution in [0.3, 0.4) is 0 Å². The molecule has 5 N–H and O–H groups in total. The molecule has 0 saturated carbocycles. The number of phenols is 1. The SMILES string of the molecule is CNC(=O)CCNC(=O)[C@H](N)Cc1ccc(O)cc1. The van der Waals surface area contributed by atoms with Gasteiger partial charge in [-0.25, -0.2) is 0 Å². The van der Waals surface area contributed by atoms with Gasteiger partial charge in [0.1, 0.15) is 5.75 Å². The maximum Gasteiger partial charge on any atom is 0.237 e. The summed E-state index contributed by atoms with van der Waals surface area (Å²) in [5, 5.41) is 14.2. The lowest BCUT2D eigenvalue weighted by atomic mass is 10.1. The van der Waals surface area contributed by atoms with Gasteiger partial charge in [0, 0.05) is 20.0 Å². The number of phenolic OH excluding ortho intramolecular Hbond substituents is 1. The Morgan fingerprint density at radius 2 is 1.95 bits per heavy atom. The van der Waals surface area contributed by atoms with Gasteiger partial charge in [-0.15, -0.1) is 0 Å². The number of aromatic hydroxyl groups is 1. The van der Waals surface area contributed by atoms with E-state index in [0.29, 0.717) is 6.42 Å². The van der Waals surface area contributed by atoms with E-state index in [9.17, 15) is 9.59 Å². The smallest absolute Gasteiger partial charge is 0.237 e. The topological polar surface area (TPSA) is 104 Å². The first-order valence-electron chi connectivity index (χ1n) is 6.04. The molecule has 0 fully saturated rings. The highest BCUT2D eigenvalue weighted by Crippen LogP contribution is 2.10. The van der Waals surface area contributed by atoms with Crippen LogP contribution >= 0.6 is 0 Å². The second-order valence-electron chi connectivity index (χ2n) is 4.19. The lowest BCUT2D eigenvalue weighted by molar-refractivity contribution is -0.123. The summed E-state index contributed by atoms with van der Waals surface area (Å²) in [5.74, 6) is -0.253. The standard InChI is InChI=1S/C13H19N3O3/c1-15-12(18)6-7-16-13(19)11(14)8-9-2-4-10(17)5-3-9/h2-5,11,17H,6-8,14H2,1H3,(H,15,18)(H,16,19)/t11-/m1/s1. The molecular weight excluding hydrogens is 246 g/mol. The molecule has 1 rings (SSSR count). The van der Waals surface area contributed by atoms with Crippen molar-refractivity contribution in [3.63, 3.8) is 0 Å². The minimum atomic E-state index is -0.672. The van der Waals surface area contributed by atoms with Crippen molar-refractivity contribution in [1.29, 1.82) is 0 Å². The number of hydrogen-bond acceptors (Lipinski definition) is 4. The van der Waals surface area contributed by atoms with Crippen LogP contribution in [0.25, 0.3) is 0 Å². The van der Waals surface area contributed by atoms with Crippen LogP contribution in [0.1, 0.15) is 12.0 Å². The largest absolute Gasteiger partial charge is 0.508 e. The summed E-state index contributed by atoms with van der Waals surface area (Å²) in [5.41, 5.74) is 6.63. The second-order valence-corrected chi connectivity index (χ2v) is 4.19. The molecule has 0 radical (unpaired) electrons. The van der Waals surface area contributed by atoms with Crippen LogP contribution < -0.4 is 16.4 Å². The van der Waals surface area contributed by atoms with Gasteiger partial charge in [-0.1, -0.05) is 12.1 Å². The number of benzene rings is 1. The molecule has 6 nitrogen and oxygen atoms in total. The van der Waals surface area contributed by atoms with E-state index >= 15 is 0 Å². The summed E-state index contributed by atoms with van der Waals surface area (Å²) < 4.78 is 0. The first kappa shape index (κ1) is 15.0. The fourth-order valence-electron chi connectivity index (χ4n) is 1.53. The zero-order valence-electron chi connectivity index (χ0n) is 10.8. The van der Waals surface area contributed by atoms with Gasteiger partial charge in [0.25, 0.3) is 0 Å². The molecule has 0 aliphatic rings. The number of nitrogens with one attached hydrogen (secondary N) is 2. The summed E-state index contributed by atoms with van der Waals surface area (Å²) in [4.78, 5) is 22.6. The van der Waals surface area contributed by atoms with Crippen LogP contribution in [0, 0.1) is 0 Å². The molecule has 1 aromatic rings. The number of rotatable bonds is 6. The summed E-state index contributed by atoms with van der Waals surface area (Å²) >= 11 is 0. The second kappa shape index (κ2) is 7.38. The van der Waals surface area contributed by atoms with Gasteiger partial charge in [-0.2, -0.15) is 0 Å². The average molecular weight is 265 g/mol. The predicted molar refractivity (Wildman–Crippen MR) is 71.5 cm³/mol. The van der Waals surface area contributed by atoms with E-state index in [1.54, 1.807) is 31.3 Å². The number of carbonyl (C=O) groups is 2.